The van der Waals surface area contributed by atoms with Gasteiger partial charge in [0.15, 0.2) is 11.6 Å². The van der Waals surface area contributed by atoms with Gasteiger partial charge in [-0.1, -0.05) is 58.9 Å². The van der Waals surface area contributed by atoms with Crippen molar-refractivity contribution >= 4 is 23.3 Å². The Kier molecular flexibility index (Phi) is 11.3. The molecule has 10 heteroatoms. The average Bonchev–Trinajstić information content (AvgIpc) is 3.01. The molecule has 4 bridgehead atoms. The number of hydrogen-bond acceptors (Lipinski definition) is 9. The zero-order valence-corrected chi connectivity index (χ0v) is 27.0. The lowest BCUT2D eigenvalue weighted by Crippen LogP contribution is -2.45. The topological polar surface area (TPSA) is 181 Å². The van der Waals surface area contributed by atoms with Crippen LogP contribution in [-0.4, -0.2) is 73.2 Å². The first-order chi connectivity index (χ1) is 20.9. The number of carbonyl (C=O) groups excluding carboxylic acids is 4. The van der Waals surface area contributed by atoms with Crippen LogP contribution in [-0.2, 0) is 4.79 Å². The van der Waals surface area contributed by atoms with Crippen LogP contribution in [0.3, 0.4) is 0 Å². The second kappa shape index (κ2) is 14.2. The molecule has 2 heterocycles. The van der Waals surface area contributed by atoms with E-state index >= 15 is 0 Å². The summed E-state index contributed by atoms with van der Waals surface area (Å²) in [6.45, 7) is 12.6. The molecule has 244 valence electrons. The van der Waals surface area contributed by atoms with Crippen LogP contribution >= 0.6 is 0 Å². The number of aryl methyl sites for hydroxylation is 1. The summed E-state index contributed by atoms with van der Waals surface area (Å²) in [7, 11) is 0. The predicted molar refractivity (Wildman–Crippen MR) is 169 cm³/mol. The van der Waals surface area contributed by atoms with Crippen LogP contribution in [0.2, 0.25) is 0 Å². The van der Waals surface area contributed by atoms with Crippen LogP contribution in [0.1, 0.15) is 85.1 Å². The number of aromatic hydroxyl groups is 1. The Morgan fingerprint density at radius 2 is 1.20 bits per heavy atom. The molecule has 0 spiro atoms. The predicted octanol–water partition coefficient (Wildman–Crippen LogP) is 3.35. The minimum atomic E-state index is -1.18. The number of nitrogens with one attached hydrogen (secondary N) is 1. The highest BCUT2D eigenvalue weighted by molar-refractivity contribution is 6.31. The Bertz CT molecular complexity index is 1500. The van der Waals surface area contributed by atoms with E-state index in [-0.39, 0.29) is 39.1 Å². The molecule has 0 fully saturated rings. The molecule has 1 aromatic carbocycles. The average molecular weight is 624 g/mol. The van der Waals surface area contributed by atoms with Crippen molar-refractivity contribution in [3.63, 3.8) is 0 Å². The number of carbonyl (C=O) groups is 4. The normalized spacial score (nSPS) is 34.4. The fraction of sp³-hybridized carbons (Fsp3) is 0.486. The first kappa shape index (κ1) is 35.8. The second-order valence-electron chi connectivity index (χ2n) is 12.7. The van der Waals surface area contributed by atoms with Crippen molar-refractivity contribution in [1.82, 2.24) is 5.32 Å². The fourth-order valence-electron chi connectivity index (χ4n) is 6.15. The van der Waals surface area contributed by atoms with Gasteiger partial charge in [-0.2, -0.15) is 0 Å². The maximum Gasteiger partial charge on any atom is 0.248 e. The summed E-state index contributed by atoms with van der Waals surface area (Å²) in [5.41, 5.74) is -0.841. The van der Waals surface area contributed by atoms with E-state index in [0.29, 0.717) is 0 Å². The molecule has 0 radical (unpaired) electrons. The van der Waals surface area contributed by atoms with Crippen LogP contribution in [0.5, 0.6) is 5.75 Å². The maximum absolute atomic E-state index is 13.8. The number of hydrogen-bond donors (Lipinski definition) is 6. The lowest BCUT2D eigenvalue weighted by molar-refractivity contribution is -0.115. The largest absolute Gasteiger partial charge is 0.507 e. The Balaban J connectivity index is 2.17. The lowest BCUT2D eigenvalue weighted by Gasteiger charge is -2.36. The number of Topliss-reactive ketones (excluding diaryl/α,β-unsaturated/α-hetero) is 3. The van der Waals surface area contributed by atoms with Gasteiger partial charge in [0, 0.05) is 52.4 Å². The van der Waals surface area contributed by atoms with Crippen LogP contribution < -0.4 is 5.32 Å². The number of benzene rings is 1. The molecule has 2 aliphatic heterocycles. The Morgan fingerprint density at radius 1 is 0.667 bits per heavy atom. The smallest absolute Gasteiger partial charge is 0.248 e. The molecule has 45 heavy (non-hydrogen) atoms. The Hall–Kier alpha value is -3.70. The third-order valence-corrected chi connectivity index (χ3v) is 9.33. The zero-order chi connectivity index (χ0) is 34.1. The van der Waals surface area contributed by atoms with Crippen molar-refractivity contribution < 1.29 is 44.7 Å². The Morgan fingerprint density at radius 3 is 1.78 bits per heavy atom. The molecule has 0 saturated carbocycles. The molecule has 6 N–H and O–H groups in total. The van der Waals surface area contributed by atoms with Crippen molar-refractivity contribution in [2.75, 3.05) is 0 Å². The minimum Gasteiger partial charge on any atom is -0.507 e. The summed E-state index contributed by atoms with van der Waals surface area (Å²) in [4.78, 5) is 53.7. The van der Waals surface area contributed by atoms with E-state index in [0.717, 1.165) is 6.08 Å². The molecule has 0 saturated heterocycles. The molecule has 1 aliphatic carbocycles. The number of aliphatic hydroxyl groups is 4. The van der Waals surface area contributed by atoms with Gasteiger partial charge in [-0.15, -0.1) is 0 Å². The molecular weight excluding hydrogens is 578 g/mol. The van der Waals surface area contributed by atoms with Gasteiger partial charge < -0.3 is 30.8 Å². The van der Waals surface area contributed by atoms with Gasteiger partial charge in [-0.05, 0) is 38.0 Å². The number of phenolic OH excluding ortho intramolecular Hbond substituents is 1. The highest BCUT2D eigenvalue weighted by atomic mass is 16.3. The highest BCUT2D eigenvalue weighted by Gasteiger charge is 2.39. The molecule has 1 aromatic rings. The van der Waals surface area contributed by atoms with E-state index in [9.17, 15) is 44.7 Å². The number of aliphatic hydroxyl groups excluding tert-OH is 4. The van der Waals surface area contributed by atoms with E-state index in [1.54, 1.807) is 40.7 Å². The van der Waals surface area contributed by atoms with Gasteiger partial charge in [0.1, 0.15) is 5.75 Å². The molecule has 0 aromatic heterocycles. The van der Waals surface area contributed by atoms with Crippen molar-refractivity contribution in [3.05, 3.63) is 75.5 Å². The summed E-state index contributed by atoms with van der Waals surface area (Å²) in [6.07, 6.45) is 2.72. The summed E-state index contributed by atoms with van der Waals surface area (Å²) in [5.74, 6) is -6.57. The maximum atomic E-state index is 13.8. The van der Waals surface area contributed by atoms with Crippen LogP contribution in [0.4, 0.5) is 0 Å². The lowest BCUT2D eigenvalue weighted by atomic mass is 9.77. The molecule has 0 unspecified atom stereocenters. The summed E-state index contributed by atoms with van der Waals surface area (Å²) in [5, 5.41) is 57.6. The quantitative estimate of drug-likeness (QED) is 0.253. The van der Waals surface area contributed by atoms with Gasteiger partial charge in [0.05, 0.1) is 35.7 Å². The first-order valence-corrected chi connectivity index (χ1v) is 15.2. The van der Waals surface area contributed by atoms with Crippen molar-refractivity contribution in [2.45, 2.75) is 79.8 Å². The van der Waals surface area contributed by atoms with E-state index in [1.807, 2.05) is 0 Å². The van der Waals surface area contributed by atoms with Gasteiger partial charge in [0.2, 0.25) is 11.7 Å². The number of amides is 1. The van der Waals surface area contributed by atoms with Crippen molar-refractivity contribution in [3.8, 4) is 5.75 Å². The van der Waals surface area contributed by atoms with Gasteiger partial charge in [-0.25, -0.2) is 0 Å². The summed E-state index contributed by atoms with van der Waals surface area (Å²) >= 11 is 0. The molecular formula is C35H45NO9. The van der Waals surface area contributed by atoms with Crippen molar-refractivity contribution in [1.29, 1.82) is 0 Å². The molecule has 9 atom stereocenters. The van der Waals surface area contributed by atoms with Crippen LogP contribution in [0.15, 0.2) is 53.3 Å². The second-order valence-corrected chi connectivity index (χ2v) is 12.7. The number of fused-ring (bicyclic) bond motifs is 15. The number of allylic oxidation sites excluding steroid dienone is 5. The van der Waals surface area contributed by atoms with E-state index in [4.69, 9.17) is 0 Å². The first-order valence-electron chi connectivity index (χ1n) is 15.2. The summed E-state index contributed by atoms with van der Waals surface area (Å²) < 4.78 is 0. The number of phenols is 1. The van der Waals surface area contributed by atoms with Crippen LogP contribution in [0.25, 0.3) is 0 Å². The molecule has 10 nitrogen and oxygen atoms in total. The number of rotatable bonds is 0. The van der Waals surface area contributed by atoms with E-state index in [1.165, 1.54) is 45.1 Å². The monoisotopic (exact) mass is 623 g/mol. The van der Waals surface area contributed by atoms with Crippen LogP contribution in [0, 0.1) is 36.5 Å². The number of ketones is 3. The standard InChI is InChI=1S/C35H45NO9/c1-15-11-9-10-12-24(37)36-27-19(5)34(44)25-23(35(27)45)14-18(4)31(41)26(25)30(40)17(3)13-16(2)29(39)21(7)33(43)22(8)32(42)20(6)28(15)38/h9-16,20-22,28-29,32-33,38-39,41-43H,1-8H3,(H,36,37)/b11-9+,12-10?,17-13+/t15-,16-,20+,21+,22+,28-,29-,32+,33+/m0/s1. The van der Waals surface area contributed by atoms with Gasteiger partial charge in [0.25, 0.3) is 0 Å². The molecule has 4 rings (SSSR count). The third kappa shape index (κ3) is 7.09. The highest BCUT2D eigenvalue weighted by Crippen LogP contribution is 2.37. The van der Waals surface area contributed by atoms with Crippen molar-refractivity contribution in [2.24, 2.45) is 29.6 Å². The molecule has 3 aliphatic rings. The van der Waals surface area contributed by atoms with Gasteiger partial charge >= 0.3 is 0 Å². The van der Waals surface area contributed by atoms with E-state index in [2.05, 4.69) is 5.32 Å². The minimum absolute atomic E-state index is 0.0853. The summed E-state index contributed by atoms with van der Waals surface area (Å²) in [6, 6.07) is 1.30. The third-order valence-electron chi connectivity index (χ3n) is 9.33. The van der Waals surface area contributed by atoms with Gasteiger partial charge in [-0.3, -0.25) is 19.2 Å². The molecule has 1 amide bonds. The SMILES string of the molecule is CC1=C2NC(=O)C=C/C=C/[C@H](C)[C@H](O)[C@@H](C)[C@@H](O)[C@@H](C)[C@H](O)[C@H](C)[C@@H](O)[C@@H](C)/C=C(\C)C(=O)c3c(O)c(C)cc(c3C1=O)C2=O. The fourth-order valence-corrected chi connectivity index (χ4v) is 6.15. The zero-order valence-electron chi connectivity index (χ0n) is 27.0. The Labute approximate surface area is 263 Å². The van der Waals surface area contributed by atoms with E-state index < -0.39 is 83.0 Å².